The summed E-state index contributed by atoms with van der Waals surface area (Å²) in [7, 11) is 0. The van der Waals surface area contributed by atoms with Crippen LogP contribution < -0.4 is 5.32 Å². The zero-order valence-electron chi connectivity index (χ0n) is 8.14. The Morgan fingerprint density at radius 2 is 1.67 bits per heavy atom. The standard InChI is InChI=1S/C8H13NO6/c1-4(7(12)13)3-9-5(8(14)15)2-6(10)11/h4-5,9H,2-3H2,1H3,(H,10,11)(H,12,13)(H,14,15). The second kappa shape index (κ2) is 5.97. The van der Waals surface area contributed by atoms with Gasteiger partial charge in [0, 0.05) is 6.54 Å². The lowest BCUT2D eigenvalue weighted by atomic mass is 10.1. The van der Waals surface area contributed by atoms with Crippen LogP contribution in [0.4, 0.5) is 0 Å². The molecular formula is C8H13NO6. The largest absolute Gasteiger partial charge is 0.481 e. The molecule has 0 radical (unpaired) electrons. The highest BCUT2D eigenvalue weighted by atomic mass is 16.4. The number of carbonyl (C=O) groups is 3. The molecule has 15 heavy (non-hydrogen) atoms. The van der Waals surface area contributed by atoms with Crippen LogP contribution >= 0.6 is 0 Å². The Hall–Kier alpha value is -1.63. The van der Waals surface area contributed by atoms with Gasteiger partial charge in [-0.05, 0) is 0 Å². The average Bonchev–Trinajstić information content (AvgIpc) is 2.10. The molecule has 7 nitrogen and oxygen atoms in total. The van der Waals surface area contributed by atoms with E-state index in [2.05, 4.69) is 5.32 Å². The van der Waals surface area contributed by atoms with E-state index in [1.165, 1.54) is 6.92 Å². The first-order valence-corrected chi connectivity index (χ1v) is 4.25. The fourth-order valence-electron chi connectivity index (χ4n) is 0.828. The van der Waals surface area contributed by atoms with Crippen LogP contribution in [-0.4, -0.2) is 45.8 Å². The molecule has 0 aromatic carbocycles. The zero-order chi connectivity index (χ0) is 12.0. The maximum Gasteiger partial charge on any atom is 0.321 e. The van der Waals surface area contributed by atoms with E-state index in [-0.39, 0.29) is 6.54 Å². The third-order valence-corrected chi connectivity index (χ3v) is 1.77. The molecule has 0 saturated heterocycles. The van der Waals surface area contributed by atoms with Gasteiger partial charge in [-0.3, -0.25) is 14.4 Å². The van der Waals surface area contributed by atoms with Crippen molar-refractivity contribution < 1.29 is 29.7 Å². The zero-order valence-corrected chi connectivity index (χ0v) is 8.14. The van der Waals surface area contributed by atoms with Gasteiger partial charge >= 0.3 is 17.9 Å². The summed E-state index contributed by atoms with van der Waals surface area (Å²) in [6.07, 6.45) is -0.582. The van der Waals surface area contributed by atoms with E-state index in [4.69, 9.17) is 15.3 Å². The van der Waals surface area contributed by atoms with Crippen molar-refractivity contribution >= 4 is 17.9 Å². The van der Waals surface area contributed by atoms with Gasteiger partial charge < -0.3 is 20.6 Å². The molecule has 2 unspecified atom stereocenters. The van der Waals surface area contributed by atoms with E-state index in [9.17, 15) is 14.4 Å². The van der Waals surface area contributed by atoms with Gasteiger partial charge in [0.1, 0.15) is 6.04 Å². The van der Waals surface area contributed by atoms with Crippen molar-refractivity contribution in [2.75, 3.05) is 6.54 Å². The van der Waals surface area contributed by atoms with Crippen LogP contribution in [0.25, 0.3) is 0 Å². The van der Waals surface area contributed by atoms with Crippen molar-refractivity contribution in [1.82, 2.24) is 5.32 Å². The highest BCUT2D eigenvalue weighted by Crippen LogP contribution is 1.97. The average molecular weight is 219 g/mol. The Morgan fingerprint density at radius 3 is 2.00 bits per heavy atom. The number of carboxylic acid groups (broad SMARTS) is 3. The number of carboxylic acids is 3. The lowest BCUT2D eigenvalue weighted by Crippen LogP contribution is -2.41. The molecule has 0 aliphatic heterocycles. The van der Waals surface area contributed by atoms with Crippen molar-refractivity contribution in [3.63, 3.8) is 0 Å². The first kappa shape index (κ1) is 13.4. The molecular weight excluding hydrogens is 206 g/mol. The number of hydrogen-bond donors (Lipinski definition) is 4. The maximum atomic E-state index is 10.5. The summed E-state index contributed by atoms with van der Waals surface area (Å²) in [5, 5.41) is 27.9. The second-order valence-corrected chi connectivity index (χ2v) is 3.14. The fourth-order valence-corrected chi connectivity index (χ4v) is 0.828. The van der Waals surface area contributed by atoms with Gasteiger partial charge in [0.15, 0.2) is 0 Å². The monoisotopic (exact) mass is 219 g/mol. The minimum Gasteiger partial charge on any atom is -0.481 e. The van der Waals surface area contributed by atoms with Gasteiger partial charge in [-0.2, -0.15) is 0 Å². The van der Waals surface area contributed by atoms with Crippen LogP contribution in [0, 0.1) is 5.92 Å². The molecule has 2 atom stereocenters. The summed E-state index contributed by atoms with van der Waals surface area (Å²) in [6.45, 7) is 1.31. The van der Waals surface area contributed by atoms with Crippen molar-refractivity contribution in [2.45, 2.75) is 19.4 Å². The molecule has 0 aromatic rings. The summed E-state index contributed by atoms with van der Waals surface area (Å²) in [6, 6.07) is -1.26. The Bertz CT molecular complexity index is 264. The number of aliphatic carboxylic acids is 3. The Morgan fingerprint density at radius 1 is 1.13 bits per heavy atom. The molecule has 7 heteroatoms. The highest BCUT2D eigenvalue weighted by molar-refractivity contribution is 5.80. The summed E-state index contributed by atoms with van der Waals surface area (Å²) >= 11 is 0. The minimum absolute atomic E-state index is 0.0837. The molecule has 0 rings (SSSR count). The third kappa shape index (κ3) is 5.63. The molecule has 0 amide bonds. The quantitative estimate of drug-likeness (QED) is 0.443. The van der Waals surface area contributed by atoms with Crippen molar-refractivity contribution in [2.24, 2.45) is 5.92 Å². The molecule has 0 aliphatic carbocycles. The van der Waals surface area contributed by atoms with Gasteiger partial charge in [-0.15, -0.1) is 0 Å². The molecule has 86 valence electrons. The van der Waals surface area contributed by atoms with E-state index in [0.717, 1.165) is 0 Å². The molecule has 0 heterocycles. The predicted molar refractivity (Wildman–Crippen MR) is 48.5 cm³/mol. The van der Waals surface area contributed by atoms with Crippen LogP contribution in [0.3, 0.4) is 0 Å². The molecule has 0 bridgehead atoms. The van der Waals surface area contributed by atoms with Gasteiger partial charge in [0.05, 0.1) is 12.3 Å². The smallest absolute Gasteiger partial charge is 0.321 e. The maximum absolute atomic E-state index is 10.5. The van der Waals surface area contributed by atoms with E-state index in [1.54, 1.807) is 0 Å². The number of rotatable bonds is 7. The van der Waals surface area contributed by atoms with Gasteiger partial charge in [-0.25, -0.2) is 0 Å². The summed E-state index contributed by atoms with van der Waals surface area (Å²) < 4.78 is 0. The van der Waals surface area contributed by atoms with Crippen molar-refractivity contribution in [3.8, 4) is 0 Å². The fraction of sp³-hybridized carbons (Fsp3) is 0.625. The van der Waals surface area contributed by atoms with Crippen LogP contribution in [0.1, 0.15) is 13.3 Å². The van der Waals surface area contributed by atoms with Crippen LogP contribution in [0.15, 0.2) is 0 Å². The molecule has 0 aliphatic rings. The van der Waals surface area contributed by atoms with Crippen LogP contribution in [0.2, 0.25) is 0 Å². The first-order valence-electron chi connectivity index (χ1n) is 4.25. The summed E-state index contributed by atoms with van der Waals surface area (Å²) in [4.78, 5) is 31.2. The van der Waals surface area contributed by atoms with Crippen LogP contribution in [-0.2, 0) is 14.4 Å². The topological polar surface area (TPSA) is 124 Å². The molecule has 0 spiro atoms. The molecule has 0 saturated carbocycles. The SMILES string of the molecule is CC(CNC(CC(=O)O)C(=O)O)C(=O)O. The second-order valence-electron chi connectivity index (χ2n) is 3.14. The number of hydrogen-bond acceptors (Lipinski definition) is 4. The Labute approximate surface area is 85.7 Å². The molecule has 0 aromatic heterocycles. The minimum atomic E-state index is -1.31. The lowest BCUT2D eigenvalue weighted by molar-refractivity contribution is -0.146. The van der Waals surface area contributed by atoms with E-state index in [1.807, 2.05) is 0 Å². The molecule has 0 fully saturated rings. The predicted octanol–water partition coefficient (Wildman–Crippen LogP) is -0.775. The Balaban J connectivity index is 4.13. The number of nitrogens with one attached hydrogen (secondary N) is 1. The van der Waals surface area contributed by atoms with E-state index >= 15 is 0 Å². The summed E-state index contributed by atoms with van der Waals surface area (Å²) in [5.41, 5.74) is 0. The van der Waals surface area contributed by atoms with E-state index < -0.39 is 36.3 Å². The van der Waals surface area contributed by atoms with Crippen molar-refractivity contribution in [3.05, 3.63) is 0 Å². The van der Waals surface area contributed by atoms with Gasteiger partial charge in [0.2, 0.25) is 0 Å². The normalized spacial score (nSPS) is 14.2. The van der Waals surface area contributed by atoms with Gasteiger partial charge in [-0.1, -0.05) is 6.92 Å². The Kier molecular flexibility index (Phi) is 5.32. The van der Waals surface area contributed by atoms with Crippen molar-refractivity contribution in [1.29, 1.82) is 0 Å². The third-order valence-electron chi connectivity index (χ3n) is 1.77. The highest BCUT2D eigenvalue weighted by Gasteiger charge is 2.22. The lowest BCUT2D eigenvalue weighted by Gasteiger charge is -2.13. The van der Waals surface area contributed by atoms with Crippen LogP contribution in [0.5, 0.6) is 0 Å². The van der Waals surface area contributed by atoms with Gasteiger partial charge in [0.25, 0.3) is 0 Å². The van der Waals surface area contributed by atoms with E-state index in [0.29, 0.717) is 0 Å². The molecule has 4 N–H and O–H groups in total. The first-order chi connectivity index (χ1) is 6.84. The summed E-state index contributed by atoms with van der Waals surface area (Å²) in [5.74, 6) is -4.39.